The summed E-state index contributed by atoms with van der Waals surface area (Å²) in [5, 5.41) is 3.62. The first-order valence-corrected chi connectivity index (χ1v) is 6.39. The summed E-state index contributed by atoms with van der Waals surface area (Å²) in [6.45, 7) is 5.35. The number of nitrogens with zero attached hydrogens (tertiary/aromatic N) is 1. The molecule has 1 heterocycles. The van der Waals surface area contributed by atoms with Gasteiger partial charge < -0.3 is 5.32 Å². The van der Waals surface area contributed by atoms with Crippen LogP contribution in [0.5, 0.6) is 0 Å². The second-order valence-corrected chi connectivity index (χ2v) is 5.16. The lowest BCUT2D eigenvalue weighted by molar-refractivity contribution is 0.306. The van der Waals surface area contributed by atoms with Crippen molar-refractivity contribution in [1.29, 1.82) is 0 Å². The van der Waals surface area contributed by atoms with Crippen molar-refractivity contribution in [2.45, 2.75) is 52.1 Å². The topological polar surface area (TPSA) is 24.9 Å². The molecule has 1 aromatic heterocycles. The summed E-state index contributed by atoms with van der Waals surface area (Å²) in [6.07, 6.45) is 7.35. The third-order valence-electron chi connectivity index (χ3n) is 3.56. The summed E-state index contributed by atoms with van der Waals surface area (Å²) in [6, 6.07) is 4.96. The molecule has 1 fully saturated rings. The first-order chi connectivity index (χ1) is 7.74. The van der Waals surface area contributed by atoms with Crippen molar-refractivity contribution in [1.82, 2.24) is 10.3 Å². The van der Waals surface area contributed by atoms with Gasteiger partial charge in [0.1, 0.15) is 0 Å². The van der Waals surface area contributed by atoms with Gasteiger partial charge in [0.05, 0.1) is 5.69 Å². The van der Waals surface area contributed by atoms with Crippen molar-refractivity contribution < 1.29 is 0 Å². The van der Waals surface area contributed by atoms with Crippen LogP contribution in [0.25, 0.3) is 0 Å². The van der Waals surface area contributed by atoms with Crippen LogP contribution in [0, 0.1) is 12.8 Å². The van der Waals surface area contributed by atoms with Crippen LogP contribution in [0.1, 0.15) is 43.9 Å². The lowest BCUT2D eigenvalue weighted by atomic mass is 9.87. The molecule has 88 valence electrons. The van der Waals surface area contributed by atoms with Crippen molar-refractivity contribution in [3.8, 4) is 0 Å². The molecule has 0 saturated heterocycles. The van der Waals surface area contributed by atoms with Crippen molar-refractivity contribution in [3.05, 3.63) is 29.6 Å². The largest absolute Gasteiger partial charge is 0.308 e. The summed E-state index contributed by atoms with van der Waals surface area (Å²) in [7, 11) is 0. The fourth-order valence-corrected chi connectivity index (χ4v) is 2.32. The predicted molar refractivity (Wildman–Crippen MR) is 67.2 cm³/mol. The maximum Gasteiger partial charge on any atom is 0.0541 e. The quantitative estimate of drug-likeness (QED) is 0.843. The Morgan fingerprint density at radius 2 is 2.00 bits per heavy atom. The average Bonchev–Trinajstić information content (AvgIpc) is 2.30. The minimum Gasteiger partial charge on any atom is -0.308 e. The Balaban J connectivity index is 1.77. The summed E-state index contributed by atoms with van der Waals surface area (Å²) < 4.78 is 0. The van der Waals surface area contributed by atoms with Crippen molar-refractivity contribution in [2.24, 2.45) is 5.92 Å². The van der Waals surface area contributed by atoms with Gasteiger partial charge in [-0.25, -0.2) is 0 Å². The number of hydrogen-bond donors (Lipinski definition) is 1. The number of pyridine rings is 1. The molecule has 0 aliphatic heterocycles. The van der Waals surface area contributed by atoms with Crippen LogP contribution < -0.4 is 5.32 Å². The van der Waals surface area contributed by atoms with Gasteiger partial charge in [0.25, 0.3) is 0 Å². The Kier molecular flexibility index (Phi) is 3.94. The minimum atomic E-state index is 0.708. The van der Waals surface area contributed by atoms with Gasteiger partial charge in [0.15, 0.2) is 0 Å². The molecule has 2 heteroatoms. The number of rotatable bonds is 3. The van der Waals surface area contributed by atoms with E-state index in [4.69, 9.17) is 0 Å². The molecule has 1 saturated carbocycles. The van der Waals surface area contributed by atoms with Gasteiger partial charge in [-0.2, -0.15) is 0 Å². The smallest absolute Gasteiger partial charge is 0.0541 e. The molecule has 1 N–H and O–H groups in total. The average molecular weight is 218 g/mol. The van der Waals surface area contributed by atoms with Crippen LogP contribution in [0.2, 0.25) is 0 Å². The van der Waals surface area contributed by atoms with Crippen LogP contribution in [-0.4, -0.2) is 11.0 Å². The van der Waals surface area contributed by atoms with Crippen molar-refractivity contribution in [2.75, 3.05) is 0 Å². The lowest BCUT2D eigenvalue weighted by Gasteiger charge is -2.26. The zero-order valence-corrected chi connectivity index (χ0v) is 10.4. The Morgan fingerprint density at radius 1 is 1.25 bits per heavy atom. The van der Waals surface area contributed by atoms with Crippen LogP contribution in [0.3, 0.4) is 0 Å². The number of nitrogens with one attached hydrogen (secondary N) is 1. The molecular weight excluding hydrogens is 196 g/mol. The Morgan fingerprint density at radius 3 is 2.62 bits per heavy atom. The highest BCUT2D eigenvalue weighted by atomic mass is 14.9. The maximum atomic E-state index is 4.42. The molecule has 1 aliphatic rings. The van der Waals surface area contributed by atoms with Crippen LogP contribution >= 0.6 is 0 Å². The summed E-state index contributed by atoms with van der Waals surface area (Å²) in [5.41, 5.74) is 2.39. The van der Waals surface area contributed by atoms with E-state index < -0.39 is 0 Å². The van der Waals surface area contributed by atoms with E-state index in [1.807, 2.05) is 6.20 Å². The van der Waals surface area contributed by atoms with Crippen LogP contribution in [0.15, 0.2) is 18.3 Å². The van der Waals surface area contributed by atoms with E-state index in [-0.39, 0.29) is 0 Å². The van der Waals surface area contributed by atoms with Gasteiger partial charge >= 0.3 is 0 Å². The van der Waals surface area contributed by atoms with E-state index in [9.17, 15) is 0 Å². The van der Waals surface area contributed by atoms with Gasteiger partial charge in [-0.05, 0) is 50.2 Å². The molecule has 0 atom stereocenters. The first kappa shape index (κ1) is 11.6. The fourth-order valence-electron chi connectivity index (χ4n) is 2.32. The predicted octanol–water partition coefficient (Wildman–Crippen LogP) is 3.06. The van der Waals surface area contributed by atoms with Gasteiger partial charge in [-0.15, -0.1) is 0 Å². The standard InChI is InChI=1S/C14H22N2/c1-11-3-6-13(7-4-11)16-10-14-8-5-12(2)9-15-14/h5,8-9,11,13,16H,3-4,6-7,10H2,1-2H3. The van der Waals surface area contributed by atoms with E-state index in [0.29, 0.717) is 6.04 Å². The third-order valence-corrected chi connectivity index (χ3v) is 3.56. The highest BCUT2D eigenvalue weighted by molar-refractivity contribution is 5.12. The van der Waals surface area contributed by atoms with Crippen molar-refractivity contribution in [3.63, 3.8) is 0 Å². The Labute approximate surface area is 98.5 Å². The molecule has 1 aliphatic carbocycles. The Bertz CT molecular complexity index is 310. The fraction of sp³-hybridized carbons (Fsp3) is 0.643. The van der Waals surface area contributed by atoms with Crippen molar-refractivity contribution >= 4 is 0 Å². The monoisotopic (exact) mass is 218 g/mol. The molecule has 16 heavy (non-hydrogen) atoms. The number of aromatic nitrogens is 1. The zero-order chi connectivity index (χ0) is 11.4. The molecule has 0 unspecified atom stereocenters. The van der Waals surface area contributed by atoms with Gasteiger partial charge in [-0.1, -0.05) is 13.0 Å². The zero-order valence-electron chi connectivity index (χ0n) is 10.4. The van der Waals surface area contributed by atoms with Gasteiger partial charge in [-0.3, -0.25) is 4.98 Å². The van der Waals surface area contributed by atoms with Crippen LogP contribution in [0.4, 0.5) is 0 Å². The van der Waals surface area contributed by atoms with E-state index in [0.717, 1.165) is 18.2 Å². The number of hydrogen-bond acceptors (Lipinski definition) is 2. The summed E-state index contributed by atoms with van der Waals surface area (Å²) in [4.78, 5) is 4.42. The first-order valence-electron chi connectivity index (χ1n) is 6.39. The highest BCUT2D eigenvalue weighted by Gasteiger charge is 2.17. The molecule has 0 amide bonds. The van der Waals surface area contributed by atoms with E-state index in [1.165, 1.54) is 31.2 Å². The van der Waals surface area contributed by atoms with E-state index in [1.54, 1.807) is 0 Å². The number of aryl methyl sites for hydroxylation is 1. The second kappa shape index (κ2) is 5.44. The Hall–Kier alpha value is -0.890. The second-order valence-electron chi connectivity index (χ2n) is 5.16. The van der Waals surface area contributed by atoms with Gasteiger partial charge in [0, 0.05) is 18.8 Å². The normalized spacial score (nSPS) is 25.6. The van der Waals surface area contributed by atoms with E-state index in [2.05, 4.69) is 36.3 Å². The third kappa shape index (κ3) is 3.31. The SMILES string of the molecule is Cc1ccc(CNC2CCC(C)CC2)nc1. The molecule has 1 aromatic rings. The molecule has 0 aromatic carbocycles. The molecule has 0 bridgehead atoms. The highest BCUT2D eigenvalue weighted by Crippen LogP contribution is 2.23. The summed E-state index contributed by atoms with van der Waals surface area (Å²) in [5.74, 6) is 0.926. The van der Waals surface area contributed by atoms with Gasteiger partial charge in [0.2, 0.25) is 0 Å². The molecule has 0 radical (unpaired) electrons. The lowest BCUT2D eigenvalue weighted by Crippen LogP contribution is -2.32. The maximum absolute atomic E-state index is 4.42. The molecule has 2 rings (SSSR count). The molecule has 2 nitrogen and oxygen atoms in total. The molecular formula is C14H22N2. The minimum absolute atomic E-state index is 0.708. The van der Waals surface area contributed by atoms with E-state index >= 15 is 0 Å². The van der Waals surface area contributed by atoms with Crippen LogP contribution in [-0.2, 0) is 6.54 Å². The molecule has 0 spiro atoms. The summed E-state index contributed by atoms with van der Waals surface area (Å²) >= 11 is 0.